The number of nitrogens with zero attached hydrogens (tertiary/aromatic N) is 1. The van der Waals surface area contributed by atoms with Crippen LogP contribution in [-0.4, -0.2) is 35.7 Å². The summed E-state index contributed by atoms with van der Waals surface area (Å²) in [4.78, 5) is 2.43. The fourth-order valence-corrected chi connectivity index (χ4v) is 3.16. The molecule has 0 amide bonds. The van der Waals surface area contributed by atoms with Crippen LogP contribution < -0.4 is 5.73 Å². The van der Waals surface area contributed by atoms with E-state index in [-0.39, 0.29) is 12.6 Å². The average molecular weight is 276 g/mol. The molecule has 0 radical (unpaired) electrons. The highest BCUT2D eigenvalue weighted by molar-refractivity contribution is 5.23. The largest absolute Gasteiger partial charge is 0.395 e. The number of aryl methyl sites for hydroxylation is 1. The van der Waals surface area contributed by atoms with Gasteiger partial charge in [0.2, 0.25) is 0 Å². The maximum Gasteiger partial charge on any atom is 0.0558 e. The standard InChI is InChI=1S/C17H28N2O/c1-14-6-8-15(9-7-14)17(18)10-11-19(12-13-20)16-4-2-3-5-16/h6-9,16-17,20H,2-5,10-13,18H2,1H3. The zero-order chi connectivity index (χ0) is 14.4. The minimum atomic E-state index is 0.0956. The van der Waals surface area contributed by atoms with E-state index < -0.39 is 0 Å². The Morgan fingerprint density at radius 2 is 1.85 bits per heavy atom. The zero-order valence-corrected chi connectivity index (χ0v) is 12.6. The van der Waals surface area contributed by atoms with Gasteiger partial charge in [-0.15, -0.1) is 0 Å². The predicted octanol–water partition coefficient (Wildman–Crippen LogP) is 2.62. The first-order valence-electron chi connectivity index (χ1n) is 7.88. The monoisotopic (exact) mass is 276 g/mol. The third-order valence-corrected chi connectivity index (χ3v) is 4.46. The van der Waals surface area contributed by atoms with E-state index in [1.54, 1.807) is 0 Å². The van der Waals surface area contributed by atoms with Gasteiger partial charge in [0.05, 0.1) is 6.61 Å². The fraction of sp³-hybridized carbons (Fsp3) is 0.647. The van der Waals surface area contributed by atoms with E-state index in [2.05, 4.69) is 36.1 Å². The molecule has 2 rings (SSSR count). The Bertz CT molecular complexity index is 384. The van der Waals surface area contributed by atoms with Gasteiger partial charge in [-0.05, 0) is 31.7 Å². The molecule has 3 nitrogen and oxygen atoms in total. The summed E-state index contributed by atoms with van der Waals surface area (Å²) in [5, 5.41) is 9.24. The van der Waals surface area contributed by atoms with Crippen molar-refractivity contribution in [2.24, 2.45) is 5.73 Å². The third-order valence-electron chi connectivity index (χ3n) is 4.46. The van der Waals surface area contributed by atoms with Gasteiger partial charge in [-0.25, -0.2) is 0 Å². The summed E-state index contributed by atoms with van der Waals surface area (Å²) in [6, 6.07) is 9.26. The van der Waals surface area contributed by atoms with Crippen molar-refractivity contribution < 1.29 is 5.11 Å². The number of benzene rings is 1. The first-order valence-corrected chi connectivity index (χ1v) is 7.88. The first kappa shape index (κ1) is 15.5. The molecule has 0 spiro atoms. The van der Waals surface area contributed by atoms with Crippen molar-refractivity contribution in [3.05, 3.63) is 35.4 Å². The lowest BCUT2D eigenvalue weighted by atomic mass is 10.0. The van der Waals surface area contributed by atoms with Crippen molar-refractivity contribution >= 4 is 0 Å². The maximum absolute atomic E-state index is 9.24. The van der Waals surface area contributed by atoms with Gasteiger partial charge in [-0.1, -0.05) is 42.7 Å². The van der Waals surface area contributed by atoms with Crippen molar-refractivity contribution in [3.63, 3.8) is 0 Å². The number of hydrogen-bond acceptors (Lipinski definition) is 3. The molecule has 1 saturated carbocycles. The van der Waals surface area contributed by atoms with Gasteiger partial charge in [0, 0.05) is 25.2 Å². The minimum absolute atomic E-state index is 0.0956. The van der Waals surface area contributed by atoms with Crippen molar-refractivity contribution in [1.82, 2.24) is 4.90 Å². The van der Waals surface area contributed by atoms with Crippen LogP contribution in [0, 0.1) is 6.92 Å². The molecule has 0 saturated heterocycles. The Morgan fingerprint density at radius 3 is 2.45 bits per heavy atom. The molecule has 1 aliphatic rings. The van der Waals surface area contributed by atoms with Crippen LogP contribution in [0.4, 0.5) is 0 Å². The smallest absolute Gasteiger partial charge is 0.0558 e. The summed E-state index contributed by atoms with van der Waals surface area (Å²) in [5.41, 5.74) is 8.78. The van der Waals surface area contributed by atoms with Gasteiger partial charge in [0.1, 0.15) is 0 Å². The molecule has 1 atom stereocenters. The Balaban J connectivity index is 1.86. The van der Waals surface area contributed by atoms with Crippen LogP contribution in [0.1, 0.15) is 49.3 Å². The third kappa shape index (κ3) is 4.30. The lowest BCUT2D eigenvalue weighted by Crippen LogP contribution is -2.37. The van der Waals surface area contributed by atoms with Crippen molar-refractivity contribution in [3.8, 4) is 0 Å². The SMILES string of the molecule is Cc1ccc(C(N)CCN(CCO)C2CCCC2)cc1. The second kappa shape index (κ2) is 7.77. The average Bonchev–Trinajstić information content (AvgIpc) is 2.98. The number of nitrogens with two attached hydrogens (primary N) is 1. The van der Waals surface area contributed by atoms with Gasteiger partial charge in [0.25, 0.3) is 0 Å². The molecule has 112 valence electrons. The molecular weight excluding hydrogens is 248 g/mol. The molecule has 1 unspecified atom stereocenters. The van der Waals surface area contributed by atoms with Crippen molar-refractivity contribution in [2.75, 3.05) is 19.7 Å². The van der Waals surface area contributed by atoms with Crippen LogP contribution in [0.3, 0.4) is 0 Å². The molecule has 1 aromatic carbocycles. The first-order chi connectivity index (χ1) is 9.70. The van der Waals surface area contributed by atoms with Crippen LogP contribution in [-0.2, 0) is 0 Å². The molecule has 3 N–H and O–H groups in total. The van der Waals surface area contributed by atoms with Gasteiger partial charge < -0.3 is 10.8 Å². The lowest BCUT2D eigenvalue weighted by molar-refractivity contribution is 0.147. The van der Waals surface area contributed by atoms with E-state index in [0.717, 1.165) is 19.5 Å². The van der Waals surface area contributed by atoms with Gasteiger partial charge in [0.15, 0.2) is 0 Å². The van der Waals surface area contributed by atoms with Gasteiger partial charge in [-0.3, -0.25) is 4.90 Å². The van der Waals surface area contributed by atoms with Crippen molar-refractivity contribution in [1.29, 1.82) is 0 Å². The summed E-state index contributed by atoms with van der Waals surface area (Å²) in [5.74, 6) is 0. The van der Waals surface area contributed by atoms with Crippen LogP contribution in [0.25, 0.3) is 0 Å². The highest BCUT2D eigenvalue weighted by atomic mass is 16.3. The number of aliphatic hydroxyl groups excluding tert-OH is 1. The molecule has 0 bridgehead atoms. The lowest BCUT2D eigenvalue weighted by Gasteiger charge is -2.29. The maximum atomic E-state index is 9.24. The Morgan fingerprint density at radius 1 is 1.20 bits per heavy atom. The Labute approximate surface area is 122 Å². The highest BCUT2D eigenvalue weighted by Gasteiger charge is 2.22. The Kier molecular flexibility index (Phi) is 6.02. The fourth-order valence-electron chi connectivity index (χ4n) is 3.16. The summed E-state index contributed by atoms with van der Waals surface area (Å²) in [6.07, 6.45) is 6.17. The molecule has 1 aromatic rings. The van der Waals surface area contributed by atoms with Crippen LogP contribution in [0.15, 0.2) is 24.3 Å². The second-order valence-electron chi connectivity index (χ2n) is 6.00. The van der Waals surface area contributed by atoms with Crippen molar-refractivity contribution in [2.45, 2.75) is 51.1 Å². The highest BCUT2D eigenvalue weighted by Crippen LogP contribution is 2.24. The minimum Gasteiger partial charge on any atom is -0.395 e. The van der Waals surface area contributed by atoms with Gasteiger partial charge >= 0.3 is 0 Å². The molecule has 3 heteroatoms. The Hall–Kier alpha value is -0.900. The second-order valence-corrected chi connectivity index (χ2v) is 6.00. The molecule has 1 aliphatic carbocycles. The van der Waals surface area contributed by atoms with E-state index in [4.69, 9.17) is 5.73 Å². The number of hydrogen-bond donors (Lipinski definition) is 2. The van der Waals surface area contributed by atoms with E-state index in [1.807, 2.05) is 0 Å². The molecule has 20 heavy (non-hydrogen) atoms. The molecular formula is C17H28N2O. The predicted molar refractivity (Wildman–Crippen MR) is 83.6 cm³/mol. The molecule has 0 aromatic heterocycles. The van der Waals surface area contributed by atoms with Gasteiger partial charge in [-0.2, -0.15) is 0 Å². The molecule has 0 aliphatic heterocycles. The summed E-state index contributed by atoms with van der Waals surface area (Å²) in [7, 11) is 0. The number of rotatable bonds is 7. The summed E-state index contributed by atoms with van der Waals surface area (Å²) < 4.78 is 0. The van der Waals surface area contributed by atoms with Crippen LogP contribution in [0.5, 0.6) is 0 Å². The van der Waals surface area contributed by atoms with E-state index in [1.165, 1.54) is 36.8 Å². The van der Waals surface area contributed by atoms with Crippen LogP contribution in [0.2, 0.25) is 0 Å². The molecule has 0 heterocycles. The quantitative estimate of drug-likeness (QED) is 0.805. The topological polar surface area (TPSA) is 49.5 Å². The summed E-state index contributed by atoms with van der Waals surface area (Å²) in [6.45, 7) is 4.11. The van der Waals surface area contributed by atoms with E-state index >= 15 is 0 Å². The van der Waals surface area contributed by atoms with E-state index in [0.29, 0.717) is 6.04 Å². The summed E-state index contributed by atoms with van der Waals surface area (Å²) >= 11 is 0. The normalized spacial score (nSPS) is 17.8. The van der Waals surface area contributed by atoms with Crippen LogP contribution >= 0.6 is 0 Å². The molecule has 1 fully saturated rings. The number of aliphatic hydroxyl groups is 1. The van der Waals surface area contributed by atoms with E-state index in [9.17, 15) is 5.11 Å². The zero-order valence-electron chi connectivity index (χ0n) is 12.6.